The Morgan fingerprint density at radius 2 is 1.77 bits per heavy atom. The average molecular weight is 433 g/mol. The number of hydrogen-bond acceptors (Lipinski definition) is 4. The highest BCUT2D eigenvalue weighted by atomic mass is 32.2. The van der Waals surface area contributed by atoms with Crippen LogP contribution in [0.25, 0.3) is 0 Å². The van der Waals surface area contributed by atoms with Crippen LogP contribution in [-0.2, 0) is 4.79 Å². The molecule has 5 nitrogen and oxygen atoms in total. The zero-order chi connectivity index (χ0) is 21.8. The Morgan fingerprint density at radius 1 is 1.06 bits per heavy atom. The average Bonchev–Trinajstić information content (AvgIpc) is 3.16. The molecule has 0 spiro atoms. The lowest BCUT2D eigenvalue weighted by Gasteiger charge is -2.26. The van der Waals surface area contributed by atoms with Crippen LogP contribution in [0.4, 0.5) is 11.4 Å². The lowest BCUT2D eigenvalue weighted by Crippen LogP contribution is -2.28. The van der Waals surface area contributed by atoms with E-state index >= 15 is 0 Å². The van der Waals surface area contributed by atoms with Crippen LogP contribution in [0.2, 0.25) is 0 Å². The summed E-state index contributed by atoms with van der Waals surface area (Å²) in [4.78, 5) is 27.3. The number of thioether (sulfide) groups is 1. The third kappa shape index (κ3) is 4.59. The minimum absolute atomic E-state index is 0.0406. The molecule has 0 saturated carbocycles. The zero-order valence-electron chi connectivity index (χ0n) is 17.5. The van der Waals surface area contributed by atoms with Gasteiger partial charge >= 0.3 is 0 Å². The summed E-state index contributed by atoms with van der Waals surface area (Å²) in [5, 5.41) is 2.80. The molecule has 3 aromatic carbocycles. The lowest BCUT2D eigenvalue weighted by molar-refractivity contribution is -0.115. The second-order valence-corrected chi connectivity index (χ2v) is 8.33. The van der Waals surface area contributed by atoms with Gasteiger partial charge in [-0.1, -0.05) is 35.9 Å². The quantitative estimate of drug-likeness (QED) is 0.565. The molecule has 4 rings (SSSR count). The van der Waals surface area contributed by atoms with Gasteiger partial charge in [0.15, 0.2) is 0 Å². The molecule has 1 atom stereocenters. The molecular weight excluding hydrogens is 408 g/mol. The van der Waals surface area contributed by atoms with Crippen LogP contribution in [0.15, 0.2) is 72.8 Å². The van der Waals surface area contributed by atoms with Crippen molar-refractivity contribution in [1.29, 1.82) is 0 Å². The Kier molecular flexibility index (Phi) is 6.28. The first-order valence-electron chi connectivity index (χ1n) is 10.2. The fraction of sp³-hybridized carbons (Fsp3) is 0.200. The standard InChI is InChI=1S/C25H24N2O3S/c1-3-30-20-14-12-19(13-15-20)27-23(28)16-31-25(27)21-6-4-5-7-22(21)26-24(29)18-10-8-17(2)9-11-18/h4-15,25H,3,16H2,1-2H3,(H,26,29)/t25-/m0/s1. The fourth-order valence-electron chi connectivity index (χ4n) is 3.53. The van der Waals surface area contributed by atoms with Crippen molar-refractivity contribution in [2.24, 2.45) is 0 Å². The first-order chi connectivity index (χ1) is 15.1. The van der Waals surface area contributed by atoms with E-state index < -0.39 is 0 Å². The smallest absolute Gasteiger partial charge is 0.255 e. The van der Waals surface area contributed by atoms with Gasteiger partial charge in [-0.05, 0) is 56.3 Å². The summed E-state index contributed by atoms with van der Waals surface area (Å²) in [6.45, 7) is 4.52. The third-order valence-electron chi connectivity index (χ3n) is 5.08. The molecular formula is C25H24N2O3S. The maximum Gasteiger partial charge on any atom is 0.255 e. The normalized spacial score (nSPS) is 15.7. The van der Waals surface area contributed by atoms with Gasteiger partial charge in [0, 0.05) is 22.5 Å². The predicted octanol–water partition coefficient (Wildman–Crippen LogP) is 5.42. The molecule has 1 heterocycles. The lowest BCUT2D eigenvalue weighted by atomic mass is 10.1. The second-order valence-electron chi connectivity index (χ2n) is 7.26. The number of anilines is 2. The molecule has 158 valence electrons. The van der Waals surface area contributed by atoms with Gasteiger partial charge < -0.3 is 10.1 Å². The number of para-hydroxylation sites is 1. The summed E-state index contributed by atoms with van der Waals surface area (Å²) in [6, 6.07) is 22.6. The van der Waals surface area contributed by atoms with E-state index in [-0.39, 0.29) is 17.2 Å². The number of carbonyl (C=O) groups excluding carboxylic acids is 2. The number of hydrogen-bond donors (Lipinski definition) is 1. The van der Waals surface area contributed by atoms with E-state index in [1.807, 2.05) is 86.6 Å². The van der Waals surface area contributed by atoms with E-state index in [2.05, 4.69) is 5.32 Å². The first kappa shape index (κ1) is 21.0. The van der Waals surface area contributed by atoms with Crippen molar-refractivity contribution in [3.63, 3.8) is 0 Å². The zero-order valence-corrected chi connectivity index (χ0v) is 18.3. The SMILES string of the molecule is CCOc1ccc(N2C(=O)CS[C@H]2c2ccccc2NC(=O)c2ccc(C)cc2)cc1. The monoisotopic (exact) mass is 432 g/mol. The Labute approximate surface area is 186 Å². The van der Waals surface area contributed by atoms with Gasteiger partial charge in [0.1, 0.15) is 11.1 Å². The minimum atomic E-state index is -0.222. The van der Waals surface area contributed by atoms with E-state index in [9.17, 15) is 9.59 Å². The van der Waals surface area contributed by atoms with Crippen molar-refractivity contribution in [2.45, 2.75) is 19.2 Å². The first-order valence-corrected chi connectivity index (χ1v) is 11.2. The van der Waals surface area contributed by atoms with Gasteiger partial charge in [-0.25, -0.2) is 0 Å². The molecule has 0 aliphatic carbocycles. The van der Waals surface area contributed by atoms with Crippen LogP contribution >= 0.6 is 11.8 Å². The maximum atomic E-state index is 12.8. The molecule has 0 bridgehead atoms. The van der Waals surface area contributed by atoms with Gasteiger partial charge in [-0.3, -0.25) is 14.5 Å². The molecule has 1 aliphatic heterocycles. The van der Waals surface area contributed by atoms with Gasteiger partial charge in [-0.15, -0.1) is 11.8 Å². The van der Waals surface area contributed by atoms with Crippen LogP contribution < -0.4 is 15.0 Å². The molecule has 31 heavy (non-hydrogen) atoms. The molecule has 1 fully saturated rings. The molecule has 0 radical (unpaired) electrons. The second kappa shape index (κ2) is 9.27. The van der Waals surface area contributed by atoms with Gasteiger partial charge in [0.05, 0.1) is 12.4 Å². The molecule has 3 aromatic rings. The van der Waals surface area contributed by atoms with Crippen molar-refractivity contribution in [3.05, 3.63) is 89.5 Å². The maximum absolute atomic E-state index is 12.8. The van der Waals surface area contributed by atoms with E-state index in [1.54, 1.807) is 16.7 Å². The van der Waals surface area contributed by atoms with Gasteiger partial charge in [-0.2, -0.15) is 0 Å². The Bertz CT molecular complexity index is 1080. The van der Waals surface area contributed by atoms with Crippen LogP contribution in [0.3, 0.4) is 0 Å². The number of amides is 2. The Balaban J connectivity index is 1.61. The number of nitrogens with one attached hydrogen (secondary N) is 1. The van der Waals surface area contributed by atoms with Gasteiger partial charge in [0.25, 0.3) is 5.91 Å². The number of benzene rings is 3. The van der Waals surface area contributed by atoms with Crippen LogP contribution in [0.5, 0.6) is 5.75 Å². The number of aryl methyl sites for hydroxylation is 1. The highest BCUT2D eigenvalue weighted by Gasteiger charge is 2.35. The predicted molar refractivity (Wildman–Crippen MR) is 126 cm³/mol. The number of nitrogens with zero attached hydrogens (tertiary/aromatic N) is 1. The Morgan fingerprint density at radius 3 is 2.48 bits per heavy atom. The summed E-state index contributed by atoms with van der Waals surface area (Å²) >= 11 is 1.55. The van der Waals surface area contributed by atoms with Gasteiger partial charge in [0.2, 0.25) is 5.91 Å². The van der Waals surface area contributed by atoms with Crippen molar-refractivity contribution in [2.75, 3.05) is 22.6 Å². The number of rotatable bonds is 6. The van der Waals surface area contributed by atoms with E-state index in [0.29, 0.717) is 23.6 Å². The summed E-state index contributed by atoms with van der Waals surface area (Å²) in [7, 11) is 0. The molecule has 1 aliphatic rings. The molecule has 2 amide bonds. The largest absolute Gasteiger partial charge is 0.494 e. The summed E-state index contributed by atoms with van der Waals surface area (Å²) < 4.78 is 5.52. The number of carbonyl (C=O) groups is 2. The molecule has 0 aromatic heterocycles. The third-order valence-corrected chi connectivity index (χ3v) is 6.28. The topological polar surface area (TPSA) is 58.6 Å². The molecule has 1 saturated heterocycles. The summed E-state index contributed by atoms with van der Waals surface area (Å²) in [5.74, 6) is 1.03. The van der Waals surface area contributed by atoms with Crippen LogP contribution in [0.1, 0.15) is 33.8 Å². The molecule has 0 unspecified atom stereocenters. The van der Waals surface area contributed by atoms with Crippen molar-refractivity contribution in [3.8, 4) is 5.75 Å². The summed E-state index contributed by atoms with van der Waals surface area (Å²) in [6.07, 6.45) is 0. The van der Waals surface area contributed by atoms with E-state index in [0.717, 1.165) is 22.6 Å². The van der Waals surface area contributed by atoms with E-state index in [4.69, 9.17) is 4.74 Å². The Hall–Kier alpha value is -3.25. The van der Waals surface area contributed by atoms with Crippen LogP contribution in [-0.4, -0.2) is 24.2 Å². The molecule has 1 N–H and O–H groups in total. The van der Waals surface area contributed by atoms with Crippen molar-refractivity contribution >= 4 is 35.0 Å². The highest BCUT2D eigenvalue weighted by molar-refractivity contribution is 8.00. The van der Waals surface area contributed by atoms with E-state index in [1.165, 1.54) is 0 Å². The highest BCUT2D eigenvalue weighted by Crippen LogP contribution is 2.44. The molecule has 6 heteroatoms. The minimum Gasteiger partial charge on any atom is -0.494 e. The summed E-state index contributed by atoms with van der Waals surface area (Å²) in [5.41, 5.74) is 4.11. The number of ether oxygens (including phenoxy) is 1. The van der Waals surface area contributed by atoms with Crippen molar-refractivity contribution in [1.82, 2.24) is 0 Å². The fourth-order valence-corrected chi connectivity index (χ4v) is 4.74. The van der Waals surface area contributed by atoms with Crippen LogP contribution in [0, 0.1) is 6.92 Å². The van der Waals surface area contributed by atoms with Crippen molar-refractivity contribution < 1.29 is 14.3 Å².